The molecule has 0 amide bonds. The van der Waals surface area contributed by atoms with Crippen LogP contribution in [0.2, 0.25) is 0 Å². The Labute approximate surface area is 110 Å². The van der Waals surface area contributed by atoms with Gasteiger partial charge >= 0.3 is 0 Å². The zero-order chi connectivity index (χ0) is 14.7. The van der Waals surface area contributed by atoms with Gasteiger partial charge < -0.3 is 37.7 Å². The fourth-order valence-electron chi connectivity index (χ4n) is 1.30. The van der Waals surface area contributed by atoms with Gasteiger partial charge in [-0.1, -0.05) is 15.5 Å². The second kappa shape index (κ2) is 9.76. The van der Waals surface area contributed by atoms with Crippen molar-refractivity contribution in [1.82, 2.24) is 4.90 Å². The van der Waals surface area contributed by atoms with E-state index >= 15 is 0 Å². The number of hydrogen-bond donors (Lipinski definition) is 6. The monoisotopic (exact) mass is 275 g/mol. The molecule has 19 heavy (non-hydrogen) atoms. The maximum atomic E-state index is 8.46. The Kier molecular flexibility index (Phi) is 8.62. The first-order valence-corrected chi connectivity index (χ1v) is 5.65. The first-order valence-electron chi connectivity index (χ1n) is 5.65. The summed E-state index contributed by atoms with van der Waals surface area (Å²) in [5, 5.41) is 34.0. The zero-order valence-corrected chi connectivity index (χ0v) is 10.6. The van der Waals surface area contributed by atoms with E-state index in [9.17, 15) is 0 Å². The van der Waals surface area contributed by atoms with Crippen LogP contribution in [0.4, 0.5) is 0 Å². The van der Waals surface area contributed by atoms with Crippen LogP contribution in [0.5, 0.6) is 0 Å². The second-order valence-corrected chi connectivity index (χ2v) is 3.87. The number of oxime groups is 3. The molecule has 0 aliphatic heterocycles. The SMILES string of the molecule is NC(CCN(CCC(N)=NO)CCC(N)=NO)=NO. The van der Waals surface area contributed by atoms with Crippen molar-refractivity contribution in [3.05, 3.63) is 0 Å². The molecule has 0 atom stereocenters. The Hall–Kier alpha value is -2.23. The molecule has 0 aromatic carbocycles. The summed E-state index contributed by atoms with van der Waals surface area (Å²) in [6, 6.07) is 0. The van der Waals surface area contributed by atoms with Gasteiger partial charge in [-0.3, -0.25) is 0 Å². The summed E-state index contributed by atoms with van der Waals surface area (Å²) in [7, 11) is 0. The van der Waals surface area contributed by atoms with Gasteiger partial charge in [0.25, 0.3) is 0 Å². The molecule has 10 nitrogen and oxygen atoms in total. The van der Waals surface area contributed by atoms with E-state index in [1.807, 2.05) is 4.90 Å². The number of rotatable bonds is 9. The van der Waals surface area contributed by atoms with Crippen molar-refractivity contribution in [2.45, 2.75) is 19.3 Å². The molecule has 110 valence electrons. The van der Waals surface area contributed by atoms with Crippen LogP contribution in [0.3, 0.4) is 0 Å². The molecule has 0 heterocycles. The Bertz CT molecular complexity index is 290. The van der Waals surface area contributed by atoms with Crippen molar-refractivity contribution in [3.8, 4) is 0 Å². The molecule has 0 fully saturated rings. The quantitative estimate of drug-likeness (QED) is 0.131. The Morgan fingerprint density at radius 3 is 1.16 bits per heavy atom. The van der Waals surface area contributed by atoms with Crippen LogP contribution in [0.15, 0.2) is 15.5 Å². The van der Waals surface area contributed by atoms with E-state index in [0.29, 0.717) is 38.9 Å². The van der Waals surface area contributed by atoms with E-state index in [4.69, 9.17) is 32.8 Å². The topological polar surface area (TPSA) is 179 Å². The minimum Gasteiger partial charge on any atom is -0.409 e. The largest absolute Gasteiger partial charge is 0.409 e. The maximum absolute atomic E-state index is 8.46. The highest BCUT2D eigenvalue weighted by Crippen LogP contribution is 1.98. The van der Waals surface area contributed by atoms with Gasteiger partial charge in [0.2, 0.25) is 0 Å². The van der Waals surface area contributed by atoms with Crippen LogP contribution in [0, 0.1) is 0 Å². The smallest absolute Gasteiger partial charge is 0.140 e. The average molecular weight is 275 g/mol. The average Bonchev–Trinajstić information content (AvgIpc) is 2.44. The third kappa shape index (κ3) is 8.49. The number of hydrogen-bond acceptors (Lipinski definition) is 7. The highest BCUT2D eigenvalue weighted by Gasteiger charge is 2.08. The predicted octanol–water partition coefficient (Wildman–Crippen LogP) is -1.30. The molecule has 0 aliphatic carbocycles. The third-order valence-corrected chi connectivity index (χ3v) is 2.44. The molecule has 0 aromatic heterocycles. The lowest BCUT2D eigenvalue weighted by Crippen LogP contribution is -2.34. The van der Waals surface area contributed by atoms with Crippen LogP contribution in [-0.2, 0) is 0 Å². The third-order valence-electron chi connectivity index (χ3n) is 2.44. The maximum Gasteiger partial charge on any atom is 0.140 e. The van der Waals surface area contributed by atoms with E-state index in [1.54, 1.807) is 0 Å². The predicted molar refractivity (Wildman–Crippen MR) is 70.5 cm³/mol. The van der Waals surface area contributed by atoms with Gasteiger partial charge in [0, 0.05) is 38.9 Å². The number of amidine groups is 3. The summed E-state index contributed by atoms with van der Waals surface area (Å²) >= 11 is 0. The number of nitrogens with two attached hydrogens (primary N) is 3. The molecule has 0 spiro atoms. The van der Waals surface area contributed by atoms with Gasteiger partial charge in [-0.25, -0.2) is 0 Å². The molecule has 10 heteroatoms. The zero-order valence-electron chi connectivity index (χ0n) is 10.6. The summed E-state index contributed by atoms with van der Waals surface area (Å²) in [6.07, 6.45) is 1.09. The van der Waals surface area contributed by atoms with Crippen molar-refractivity contribution in [2.75, 3.05) is 19.6 Å². The van der Waals surface area contributed by atoms with Gasteiger partial charge in [-0.2, -0.15) is 0 Å². The van der Waals surface area contributed by atoms with Crippen molar-refractivity contribution in [1.29, 1.82) is 0 Å². The standard InChI is InChI=1S/C9H21N7O3/c10-7(13-17)1-4-16(5-2-8(11)14-18)6-3-9(12)15-19/h17-19H,1-6H2,(H2,10,13)(H2,11,14)(H2,12,15). The summed E-state index contributed by atoms with van der Waals surface area (Å²) < 4.78 is 0. The van der Waals surface area contributed by atoms with Crippen molar-refractivity contribution < 1.29 is 15.6 Å². The molecule has 0 bridgehead atoms. The molecule has 0 saturated heterocycles. The van der Waals surface area contributed by atoms with Gasteiger partial charge in [-0.15, -0.1) is 0 Å². The summed E-state index contributed by atoms with van der Waals surface area (Å²) in [4.78, 5) is 1.91. The molecule has 0 saturated carbocycles. The minimum absolute atomic E-state index is 0.109. The Balaban J connectivity index is 4.29. The lowest BCUT2D eigenvalue weighted by atomic mass is 10.2. The van der Waals surface area contributed by atoms with Gasteiger partial charge in [-0.05, 0) is 0 Å². The van der Waals surface area contributed by atoms with E-state index in [2.05, 4.69) is 15.5 Å². The van der Waals surface area contributed by atoms with Crippen LogP contribution in [0.1, 0.15) is 19.3 Å². The van der Waals surface area contributed by atoms with E-state index in [1.165, 1.54) is 0 Å². The first-order chi connectivity index (χ1) is 9.03. The van der Waals surface area contributed by atoms with Crippen LogP contribution in [-0.4, -0.2) is 57.7 Å². The van der Waals surface area contributed by atoms with Crippen molar-refractivity contribution in [2.24, 2.45) is 32.7 Å². The molecule has 0 rings (SSSR count). The summed E-state index contributed by atoms with van der Waals surface area (Å²) in [5.41, 5.74) is 16.1. The fraction of sp³-hybridized carbons (Fsp3) is 0.667. The highest BCUT2D eigenvalue weighted by molar-refractivity contribution is 5.81. The Morgan fingerprint density at radius 1 is 0.684 bits per heavy atom. The highest BCUT2D eigenvalue weighted by atomic mass is 16.4. The van der Waals surface area contributed by atoms with Crippen LogP contribution < -0.4 is 17.2 Å². The summed E-state index contributed by atoms with van der Waals surface area (Å²) in [5.74, 6) is 0.327. The molecular weight excluding hydrogens is 254 g/mol. The molecule has 0 aromatic rings. The number of nitrogens with zero attached hydrogens (tertiary/aromatic N) is 4. The van der Waals surface area contributed by atoms with Gasteiger partial charge in [0.15, 0.2) is 0 Å². The molecular formula is C9H21N7O3. The van der Waals surface area contributed by atoms with Crippen molar-refractivity contribution >= 4 is 17.5 Å². The second-order valence-electron chi connectivity index (χ2n) is 3.87. The van der Waals surface area contributed by atoms with E-state index < -0.39 is 0 Å². The first kappa shape index (κ1) is 16.8. The molecule has 0 radical (unpaired) electrons. The minimum atomic E-state index is 0.109. The van der Waals surface area contributed by atoms with Crippen molar-refractivity contribution in [3.63, 3.8) is 0 Å². The molecule has 0 unspecified atom stereocenters. The molecule has 0 aliphatic rings. The van der Waals surface area contributed by atoms with Crippen LogP contribution in [0.25, 0.3) is 0 Å². The molecule has 9 N–H and O–H groups in total. The fourth-order valence-corrected chi connectivity index (χ4v) is 1.30. The lowest BCUT2D eigenvalue weighted by Gasteiger charge is -2.21. The normalized spacial score (nSPS) is 14.1. The Morgan fingerprint density at radius 2 is 0.947 bits per heavy atom. The van der Waals surface area contributed by atoms with Gasteiger partial charge in [0.1, 0.15) is 17.5 Å². The van der Waals surface area contributed by atoms with Crippen LogP contribution >= 0.6 is 0 Å². The lowest BCUT2D eigenvalue weighted by molar-refractivity contribution is 0.282. The van der Waals surface area contributed by atoms with E-state index in [-0.39, 0.29) is 17.5 Å². The van der Waals surface area contributed by atoms with Gasteiger partial charge in [0.05, 0.1) is 0 Å². The van der Waals surface area contributed by atoms with E-state index in [0.717, 1.165) is 0 Å². The summed E-state index contributed by atoms with van der Waals surface area (Å²) in [6.45, 7) is 1.52.